The van der Waals surface area contributed by atoms with E-state index in [9.17, 15) is 4.79 Å². The number of amides is 1. The van der Waals surface area contributed by atoms with Crippen molar-refractivity contribution in [3.8, 4) is 11.5 Å². The van der Waals surface area contributed by atoms with Crippen LogP contribution in [0.4, 0.5) is 0 Å². The van der Waals surface area contributed by atoms with Crippen molar-refractivity contribution in [1.82, 2.24) is 15.5 Å². The first-order chi connectivity index (χ1) is 10.6. The lowest BCUT2D eigenvalue weighted by atomic mass is 10.1. The van der Waals surface area contributed by atoms with E-state index in [4.69, 9.17) is 21.8 Å². The molecular weight excluding hydrogens is 304 g/mol. The SMILES string of the molecule is CC(=O)N[C@@H](CCCCN)c1nnc(-c2ccccc2Cl)o1. The molecule has 118 valence electrons. The minimum absolute atomic E-state index is 0.143. The summed E-state index contributed by atoms with van der Waals surface area (Å²) < 4.78 is 5.69. The fourth-order valence-electron chi connectivity index (χ4n) is 2.11. The number of nitrogens with zero attached hydrogens (tertiary/aromatic N) is 2. The van der Waals surface area contributed by atoms with Gasteiger partial charge in [0.2, 0.25) is 17.7 Å². The molecule has 3 N–H and O–H groups in total. The molecule has 6 nitrogen and oxygen atoms in total. The molecule has 1 atom stereocenters. The molecule has 0 fully saturated rings. The molecule has 22 heavy (non-hydrogen) atoms. The molecule has 7 heteroatoms. The fourth-order valence-corrected chi connectivity index (χ4v) is 2.33. The Labute approximate surface area is 134 Å². The highest BCUT2D eigenvalue weighted by Gasteiger charge is 2.20. The van der Waals surface area contributed by atoms with Crippen LogP contribution in [0, 0.1) is 0 Å². The summed E-state index contributed by atoms with van der Waals surface area (Å²) >= 11 is 6.12. The standard InChI is InChI=1S/C15H19ClN4O2/c1-10(21)18-13(8-4-5-9-17)15-20-19-14(22-15)11-6-2-3-7-12(11)16/h2-3,6-7,13H,4-5,8-9,17H2,1H3,(H,18,21)/t13-/m0/s1. The highest BCUT2D eigenvalue weighted by Crippen LogP contribution is 2.28. The molecule has 0 bridgehead atoms. The van der Waals surface area contributed by atoms with Crippen LogP contribution in [0.15, 0.2) is 28.7 Å². The molecule has 1 aromatic carbocycles. The summed E-state index contributed by atoms with van der Waals surface area (Å²) in [6, 6.07) is 6.93. The number of benzene rings is 1. The van der Waals surface area contributed by atoms with Crippen LogP contribution < -0.4 is 11.1 Å². The lowest BCUT2D eigenvalue weighted by Gasteiger charge is -2.13. The lowest BCUT2D eigenvalue weighted by molar-refractivity contribution is -0.119. The highest BCUT2D eigenvalue weighted by atomic mass is 35.5. The summed E-state index contributed by atoms with van der Waals surface area (Å²) in [5.74, 6) is 0.576. The van der Waals surface area contributed by atoms with Gasteiger partial charge in [0.05, 0.1) is 10.6 Å². The summed E-state index contributed by atoms with van der Waals surface area (Å²) in [5.41, 5.74) is 6.17. The molecule has 1 aromatic heterocycles. The van der Waals surface area contributed by atoms with Gasteiger partial charge in [-0.15, -0.1) is 10.2 Å². The number of halogens is 1. The number of rotatable bonds is 7. The van der Waals surface area contributed by atoms with Crippen LogP contribution in [0.25, 0.3) is 11.5 Å². The van der Waals surface area contributed by atoms with E-state index < -0.39 is 0 Å². The summed E-state index contributed by atoms with van der Waals surface area (Å²) in [6.07, 6.45) is 2.44. The van der Waals surface area contributed by atoms with Gasteiger partial charge in [0, 0.05) is 6.92 Å². The number of aromatic nitrogens is 2. The van der Waals surface area contributed by atoms with Gasteiger partial charge in [0.15, 0.2) is 0 Å². The van der Waals surface area contributed by atoms with E-state index in [1.54, 1.807) is 6.07 Å². The van der Waals surface area contributed by atoms with E-state index in [1.807, 2.05) is 18.2 Å². The summed E-state index contributed by atoms with van der Waals surface area (Å²) in [7, 11) is 0. The second-order valence-corrected chi connectivity index (χ2v) is 5.37. The number of hydrogen-bond acceptors (Lipinski definition) is 5. The molecule has 0 saturated heterocycles. The lowest BCUT2D eigenvalue weighted by Crippen LogP contribution is -2.26. The van der Waals surface area contributed by atoms with Gasteiger partial charge in [-0.05, 0) is 37.9 Å². The highest BCUT2D eigenvalue weighted by molar-refractivity contribution is 6.33. The summed E-state index contributed by atoms with van der Waals surface area (Å²) in [4.78, 5) is 11.3. The van der Waals surface area contributed by atoms with Gasteiger partial charge in [0.25, 0.3) is 0 Å². The third-order valence-electron chi connectivity index (χ3n) is 3.17. The Balaban J connectivity index is 2.18. The van der Waals surface area contributed by atoms with E-state index in [0.29, 0.717) is 35.3 Å². The maximum atomic E-state index is 11.3. The number of carbonyl (C=O) groups excluding carboxylic acids is 1. The molecule has 2 rings (SSSR count). The van der Waals surface area contributed by atoms with Crippen molar-refractivity contribution in [3.63, 3.8) is 0 Å². The number of nitrogens with one attached hydrogen (secondary N) is 1. The molecule has 0 aliphatic carbocycles. The Kier molecular flexibility index (Phi) is 5.91. The van der Waals surface area contributed by atoms with Gasteiger partial charge in [-0.25, -0.2) is 0 Å². The maximum absolute atomic E-state index is 11.3. The van der Waals surface area contributed by atoms with Gasteiger partial charge in [-0.1, -0.05) is 23.7 Å². The monoisotopic (exact) mass is 322 g/mol. The smallest absolute Gasteiger partial charge is 0.249 e. The second-order valence-electron chi connectivity index (χ2n) is 4.96. The quantitative estimate of drug-likeness (QED) is 0.764. The largest absolute Gasteiger partial charge is 0.418 e. The number of unbranched alkanes of at least 4 members (excludes halogenated alkanes) is 1. The van der Waals surface area contributed by atoms with Crippen LogP contribution in [0.5, 0.6) is 0 Å². The van der Waals surface area contributed by atoms with Crippen molar-refractivity contribution in [1.29, 1.82) is 0 Å². The summed E-state index contributed by atoms with van der Waals surface area (Å²) in [6.45, 7) is 2.07. The first kappa shape index (κ1) is 16.5. The second kappa shape index (κ2) is 7.91. The molecular formula is C15H19ClN4O2. The van der Waals surface area contributed by atoms with E-state index >= 15 is 0 Å². The Morgan fingerprint density at radius 2 is 2.14 bits per heavy atom. The van der Waals surface area contributed by atoms with Gasteiger partial charge in [-0.2, -0.15) is 0 Å². The normalized spacial score (nSPS) is 12.1. The molecule has 2 aromatic rings. The van der Waals surface area contributed by atoms with Crippen molar-refractivity contribution in [3.05, 3.63) is 35.2 Å². The fraction of sp³-hybridized carbons (Fsp3) is 0.400. The molecule has 0 spiro atoms. The van der Waals surface area contributed by atoms with Crippen molar-refractivity contribution in [2.24, 2.45) is 5.73 Å². The van der Waals surface area contributed by atoms with Crippen LogP contribution in [-0.4, -0.2) is 22.6 Å². The Morgan fingerprint density at radius 3 is 2.82 bits per heavy atom. The van der Waals surface area contributed by atoms with Crippen LogP contribution >= 0.6 is 11.6 Å². The third kappa shape index (κ3) is 4.29. The molecule has 0 aliphatic rings. The van der Waals surface area contributed by atoms with Gasteiger partial charge < -0.3 is 15.5 Å². The van der Waals surface area contributed by atoms with Gasteiger partial charge >= 0.3 is 0 Å². The molecule has 0 saturated carbocycles. The number of hydrogen-bond donors (Lipinski definition) is 2. The first-order valence-electron chi connectivity index (χ1n) is 7.17. The predicted octanol–water partition coefficient (Wildman–Crippen LogP) is 2.70. The molecule has 0 aliphatic heterocycles. The summed E-state index contributed by atoms with van der Waals surface area (Å²) in [5, 5.41) is 11.4. The molecule has 1 amide bonds. The minimum Gasteiger partial charge on any atom is -0.418 e. The number of carbonyl (C=O) groups is 1. The first-order valence-corrected chi connectivity index (χ1v) is 7.55. The zero-order valence-electron chi connectivity index (χ0n) is 12.4. The van der Waals surface area contributed by atoms with E-state index in [2.05, 4.69) is 15.5 Å². The maximum Gasteiger partial charge on any atom is 0.249 e. The van der Waals surface area contributed by atoms with E-state index in [-0.39, 0.29) is 11.9 Å². The number of nitrogens with two attached hydrogens (primary N) is 1. The van der Waals surface area contributed by atoms with Gasteiger partial charge in [-0.3, -0.25) is 4.79 Å². The average molecular weight is 323 g/mol. The topological polar surface area (TPSA) is 94.0 Å². The Bertz CT molecular complexity index is 630. The van der Waals surface area contributed by atoms with E-state index in [0.717, 1.165) is 12.8 Å². The molecule has 1 heterocycles. The van der Waals surface area contributed by atoms with Crippen LogP contribution in [0.1, 0.15) is 38.1 Å². The van der Waals surface area contributed by atoms with Gasteiger partial charge in [0.1, 0.15) is 6.04 Å². The van der Waals surface area contributed by atoms with E-state index in [1.165, 1.54) is 6.92 Å². The van der Waals surface area contributed by atoms with Crippen molar-refractivity contribution < 1.29 is 9.21 Å². The zero-order valence-corrected chi connectivity index (χ0v) is 13.1. The Hall–Kier alpha value is -1.92. The Morgan fingerprint density at radius 1 is 1.36 bits per heavy atom. The van der Waals surface area contributed by atoms with Crippen molar-refractivity contribution in [2.75, 3.05) is 6.54 Å². The molecule has 0 unspecified atom stereocenters. The van der Waals surface area contributed by atoms with Crippen LogP contribution in [0.3, 0.4) is 0 Å². The van der Waals surface area contributed by atoms with Crippen LogP contribution in [-0.2, 0) is 4.79 Å². The molecule has 0 radical (unpaired) electrons. The average Bonchev–Trinajstić information content (AvgIpc) is 2.96. The zero-order chi connectivity index (χ0) is 15.9. The van der Waals surface area contributed by atoms with Crippen molar-refractivity contribution >= 4 is 17.5 Å². The third-order valence-corrected chi connectivity index (χ3v) is 3.50. The van der Waals surface area contributed by atoms with Crippen molar-refractivity contribution in [2.45, 2.75) is 32.2 Å². The predicted molar refractivity (Wildman–Crippen MR) is 84.2 cm³/mol. The van der Waals surface area contributed by atoms with Crippen LogP contribution in [0.2, 0.25) is 5.02 Å². The minimum atomic E-state index is -0.312.